The summed E-state index contributed by atoms with van der Waals surface area (Å²) in [6, 6.07) is 16.1. The van der Waals surface area contributed by atoms with Crippen LogP contribution in [0.3, 0.4) is 0 Å². The van der Waals surface area contributed by atoms with E-state index in [9.17, 15) is 9.59 Å². The van der Waals surface area contributed by atoms with Gasteiger partial charge in [-0.05, 0) is 66.9 Å². The largest absolute Gasteiger partial charge is 0.493 e. The molecule has 1 aliphatic heterocycles. The maximum absolute atomic E-state index is 13.3. The summed E-state index contributed by atoms with van der Waals surface area (Å²) in [6.07, 6.45) is 0.597. The SMILES string of the molecule is CCC1Oc2ccc(NC(=O)c3ccc(OC)c(OC)c3)cc2CN(CCc2ccc(OC)c(OC)c2)C1=O. The van der Waals surface area contributed by atoms with E-state index in [4.69, 9.17) is 23.7 Å². The summed E-state index contributed by atoms with van der Waals surface area (Å²) >= 11 is 0. The van der Waals surface area contributed by atoms with Crippen LogP contribution in [0.5, 0.6) is 28.7 Å². The van der Waals surface area contributed by atoms with Gasteiger partial charge in [0.2, 0.25) is 0 Å². The Hall–Kier alpha value is -4.40. The third-order valence-electron chi connectivity index (χ3n) is 6.67. The van der Waals surface area contributed by atoms with E-state index in [1.54, 1.807) is 56.6 Å². The molecule has 9 heteroatoms. The molecule has 3 aromatic carbocycles. The van der Waals surface area contributed by atoms with Crippen LogP contribution in [0.25, 0.3) is 0 Å². The van der Waals surface area contributed by atoms with Gasteiger partial charge in [-0.3, -0.25) is 9.59 Å². The Morgan fingerprint density at radius 2 is 1.56 bits per heavy atom. The van der Waals surface area contributed by atoms with Crippen LogP contribution >= 0.6 is 0 Å². The standard InChI is InChI=1S/C30H34N2O7/c1-6-23-30(34)32(14-13-19-7-10-25(35-2)27(15-19)37-4)18-21-16-22(9-12-24(21)39-23)31-29(33)20-8-11-26(36-3)28(17-20)38-5/h7-12,15-17,23H,6,13-14,18H2,1-5H3,(H,31,33). The average Bonchev–Trinajstić information content (AvgIpc) is 3.10. The fourth-order valence-electron chi connectivity index (χ4n) is 4.51. The van der Waals surface area contributed by atoms with Crippen molar-refractivity contribution in [1.82, 2.24) is 4.90 Å². The highest BCUT2D eigenvalue weighted by Gasteiger charge is 2.30. The fraction of sp³-hybridized carbons (Fsp3) is 0.333. The van der Waals surface area contributed by atoms with Gasteiger partial charge < -0.3 is 33.9 Å². The minimum absolute atomic E-state index is 0.0647. The zero-order valence-corrected chi connectivity index (χ0v) is 22.9. The van der Waals surface area contributed by atoms with Crippen LogP contribution in [-0.4, -0.2) is 57.8 Å². The molecule has 2 amide bonds. The first-order valence-electron chi connectivity index (χ1n) is 12.7. The molecule has 39 heavy (non-hydrogen) atoms. The van der Waals surface area contributed by atoms with Gasteiger partial charge in [0.25, 0.3) is 11.8 Å². The maximum atomic E-state index is 13.3. The van der Waals surface area contributed by atoms with Crippen LogP contribution in [-0.2, 0) is 17.8 Å². The van der Waals surface area contributed by atoms with E-state index in [2.05, 4.69) is 5.32 Å². The van der Waals surface area contributed by atoms with Crippen LogP contribution in [0.2, 0.25) is 0 Å². The lowest BCUT2D eigenvalue weighted by Gasteiger charge is -2.23. The molecular weight excluding hydrogens is 500 g/mol. The van der Waals surface area contributed by atoms with Crippen LogP contribution < -0.4 is 29.0 Å². The van der Waals surface area contributed by atoms with Gasteiger partial charge in [-0.2, -0.15) is 0 Å². The smallest absolute Gasteiger partial charge is 0.263 e. The summed E-state index contributed by atoms with van der Waals surface area (Å²) in [5.41, 5.74) is 2.86. The Balaban J connectivity index is 1.53. The Bertz CT molecular complexity index is 1340. The molecule has 0 aliphatic carbocycles. The number of benzene rings is 3. The van der Waals surface area contributed by atoms with Crippen molar-refractivity contribution in [2.45, 2.75) is 32.4 Å². The van der Waals surface area contributed by atoms with Crippen molar-refractivity contribution in [3.05, 3.63) is 71.3 Å². The first-order chi connectivity index (χ1) is 18.9. The second-order valence-corrected chi connectivity index (χ2v) is 9.06. The van der Waals surface area contributed by atoms with Crippen LogP contribution in [0.4, 0.5) is 5.69 Å². The highest BCUT2D eigenvalue weighted by atomic mass is 16.5. The second-order valence-electron chi connectivity index (χ2n) is 9.06. The van der Waals surface area contributed by atoms with E-state index >= 15 is 0 Å². The molecule has 0 radical (unpaired) electrons. The molecular formula is C30H34N2O7. The number of ether oxygens (including phenoxy) is 5. The molecule has 0 aromatic heterocycles. The van der Waals surface area contributed by atoms with Gasteiger partial charge in [0, 0.05) is 29.9 Å². The molecule has 1 heterocycles. The van der Waals surface area contributed by atoms with Crippen molar-refractivity contribution in [1.29, 1.82) is 0 Å². The van der Waals surface area contributed by atoms with E-state index in [1.165, 1.54) is 7.11 Å². The van der Waals surface area contributed by atoms with Gasteiger partial charge in [0.1, 0.15) is 5.75 Å². The number of nitrogens with one attached hydrogen (secondary N) is 1. The normalized spacial score (nSPS) is 14.5. The predicted octanol–water partition coefficient (Wildman–Crippen LogP) is 4.72. The molecule has 0 spiro atoms. The van der Waals surface area contributed by atoms with Gasteiger partial charge in [-0.25, -0.2) is 0 Å². The van der Waals surface area contributed by atoms with E-state index in [-0.39, 0.29) is 11.8 Å². The summed E-state index contributed by atoms with van der Waals surface area (Å²) < 4.78 is 27.4. The van der Waals surface area contributed by atoms with E-state index in [0.29, 0.717) is 65.9 Å². The zero-order valence-electron chi connectivity index (χ0n) is 22.9. The third kappa shape index (κ3) is 6.19. The van der Waals surface area contributed by atoms with E-state index in [0.717, 1.165) is 11.1 Å². The lowest BCUT2D eigenvalue weighted by Crippen LogP contribution is -2.40. The number of rotatable bonds is 10. The number of hydrogen-bond donors (Lipinski definition) is 1. The quantitative estimate of drug-likeness (QED) is 0.402. The summed E-state index contributed by atoms with van der Waals surface area (Å²) in [5.74, 6) is 2.58. The Morgan fingerprint density at radius 1 is 0.897 bits per heavy atom. The highest BCUT2D eigenvalue weighted by molar-refractivity contribution is 6.04. The lowest BCUT2D eigenvalue weighted by atomic mass is 10.1. The van der Waals surface area contributed by atoms with Crippen molar-refractivity contribution in [2.75, 3.05) is 40.3 Å². The predicted molar refractivity (Wildman–Crippen MR) is 147 cm³/mol. The van der Waals surface area contributed by atoms with E-state index in [1.807, 2.05) is 31.2 Å². The van der Waals surface area contributed by atoms with Crippen molar-refractivity contribution in [3.63, 3.8) is 0 Å². The number of hydrogen-bond acceptors (Lipinski definition) is 7. The zero-order chi connectivity index (χ0) is 27.9. The summed E-state index contributed by atoms with van der Waals surface area (Å²) in [5, 5.41) is 2.93. The van der Waals surface area contributed by atoms with Gasteiger partial charge in [0.05, 0.1) is 28.4 Å². The number of anilines is 1. The summed E-state index contributed by atoms with van der Waals surface area (Å²) in [6.45, 7) is 2.78. The Morgan fingerprint density at radius 3 is 2.23 bits per heavy atom. The molecule has 1 unspecified atom stereocenters. The van der Waals surface area contributed by atoms with Crippen molar-refractivity contribution in [2.24, 2.45) is 0 Å². The molecule has 4 rings (SSSR count). The lowest BCUT2D eigenvalue weighted by molar-refractivity contribution is -0.138. The van der Waals surface area contributed by atoms with Gasteiger partial charge in [0.15, 0.2) is 29.1 Å². The molecule has 0 saturated carbocycles. The van der Waals surface area contributed by atoms with Crippen molar-refractivity contribution < 1.29 is 33.3 Å². The molecule has 206 valence electrons. The minimum atomic E-state index is -0.580. The molecule has 9 nitrogen and oxygen atoms in total. The van der Waals surface area contributed by atoms with Crippen molar-refractivity contribution >= 4 is 17.5 Å². The molecule has 0 saturated heterocycles. The van der Waals surface area contributed by atoms with Gasteiger partial charge in [-0.1, -0.05) is 13.0 Å². The molecule has 1 N–H and O–H groups in total. The average molecular weight is 535 g/mol. The number of methoxy groups -OCH3 is 4. The minimum Gasteiger partial charge on any atom is -0.493 e. The summed E-state index contributed by atoms with van der Waals surface area (Å²) in [4.78, 5) is 28.1. The molecule has 0 bridgehead atoms. The van der Waals surface area contributed by atoms with Gasteiger partial charge in [-0.15, -0.1) is 0 Å². The summed E-state index contributed by atoms with van der Waals surface area (Å²) in [7, 11) is 6.26. The monoisotopic (exact) mass is 534 g/mol. The number of amides is 2. The third-order valence-corrected chi connectivity index (χ3v) is 6.67. The molecule has 0 fully saturated rings. The maximum Gasteiger partial charge on any atom is 0.263 e. The van der Waals surface area contributed by atoms with Gasteiger partial charge >= 0.3 is 0 Å². The fourth-order valence-corrected chi connectivity index (χ4v) is 4.51. The highest BCUT2D eigenvalue weighted by Crippen LogP contribution is 2.32. The topological polar surface area (TPSA) is 95.6 Å². The number of carbonyl (C=O) groups is 2. The van der Waals surface area contributed by atoms with E-state index < -0.39 is 6.10 Å². The first-order valence-corrected chi connectivity index (χ1v) is 12.7. The Kier molecular flexibility index (Phi) is 8.81. The molecule has 3 aromatic rings. The number of fused-ring (bicyclic) bond motifs is 1. The second kappa shape index (κ2) is 12.4. The van der Waals surface area contributed by atoms with Crippen molar-refractivity contribution in [3.8, 4) is 28.7 Å². The molecule has 1 atom stereocenters. The van der Waals surface area contributed by atoms with Crippen LogP contribution in [0, 0.1) is 0 Å². The number of carbonyl (C=O) groups excluding carboxylic acids is 2. The molecule has 1 aliphatic rings. The van der Waals surface area contributed by atoms with Crippen LogP contribution in [0.15, 0.2) is 54.6 Å². The Labute approximate surface area is 228 Å². The first kappa shape index (κ1) is 27.6. The number of nitrogens with zero attached hydrogens (tertiary/aromatic N) is 1. The van der Waals surface area contributed by atoms with Crippen LogP contribution in [0.1, 0.15) is 34.8 Å².